The van der Waals surface area contributed by atoms with Crippen LogP contribution in [-0.2, 0) is 0 Å². The molecular formula is C16H23BrO3. The number of hydrogen-bond donors (Lipinski definition) is 1. The van der Waals surface area contributed by atoms with Gasteiger partial charge in [-0.05, 0) is 52.7 Å². The number of aliphatic hydroxyl groups is 1. The Hall–Kier alpha value is -0.740. The van der Waals surface area contributed by atoms with Gasteiger partial charge in [0.25, 0.3) is 0 Å². The van der Waals surface area contributed by atoms with Crippen LogP contribution < -0.4 is 9.47 Å². The predicted molar refractivity (Wildman–Crippen MR) is 83.3 cm³/mol. The summed E-state index contributed by atoms with van der Waals surface area (Å²) in [6.07, 6.45) is 4.15. The Morgan fingerprint density at radius 2 is 2.00 bits per heavy atom. The highest BCUT2D eigenvalue weighted by Gasteiger charge is 2.29. The van der Waals surface area contributed by atoms with Crippen LogP contribution in [0.4, 0.5) is 0 Å². The topological polar surface area (TPSA) is 38.7 Å². The Bertz CT molecular complexity index is 461. The van der Waals surface area contributed by atoms with Crippen molar-refractivity contribution in [3.63, 3.8) is 0 Å². The smallest absolute Gasteiger partial charge is 0.142 e. The van der Waals surface area contributed by atoms with Gasteiger partial charge in [-0.15, -0.1) is 0 Å². The fraction of sp³-hybridized carbons (Fsp3) is 0.625. The minimum atomic E-state index is -0.477. The molecule has 0 saturated heterocycles. The zero-order valence-electron chi connectivity index (χ0n) is 12.4. The van der Waals surface area contributed by atoms with Crippen molar-refractivity contribution >= 4 is 15.9 Å². The molecular weight excluding hydrogens is 320 g/mol. The first-order valence-electron chi connectivity index (χ1n) is 7.16. The van der Waals surface area contributed by atoms with Crippen LogP contribution in [0.1, 0.15) is 44.3 Å². The van der Waals surface area contributed by atoms with Gasteiger partial charge < -0.3 is 14.6 Å². The Morgan fingerprint density at radius 1 is 1.25 bits per heavy atom. The van der Waals surface area contributed by atoms with Crippen molar-refractivity contribution in [1.29, 1.82) is 0 Å². The molecule has 0 heterocycles. The molecule has 1 aliphatic rings. The second-order valence-corrected chi connectivity index (χ2v) is 6.47. The molecule has 1 aromatic rings. The molecule has 0 aliphatic heterocycles. The van der Waals surface area contributed by atoms with E-state index in [-0.39, 0.29) is 0 Å². The zero-order chi connectivity index (χ0) is 14.7. The van der Waals surface area contributed by atoms with E-state index in [1.54, 1.807) is 14.2 Å². The molecule has 4 heteroatoms. The Labute approximate surface area is 129 Å². The molecule has 1 fully saturated rings. The third kappa shape index (κ3) is 3.12. The van der Waals surface area contributed by atoms with Crippen LogP contribution >= 0.6 is 15.9 Å². The molecule has 1 N–H and O–H groups in total. The molecule has 0 bridgehead atoms. The van der Waals surface area contributed by atoms with Gasteiger partial charge in [0.15, 0.2) is 0 Å². The number of aliphatic hydroxyl groups excluding tert-OH is 1. The van der Waals surface area contributed by atoms with Crippen molar-refractivity contribution in [1.82, 2.24) is 0 Å². The lowest BCUT2D eigenvalue weighted by Crippen LogP contribution is -2.20. The zero-order valence-corrected chi connectivity index (χ0v) is 13.9. The Kier molecular flexibility index (Phi) is 5.33. The first-order chi connectivity index (χ1) is 9.58. The average Bonchev–Trinajstić information content (AvgIpc) is 2.46. The Balaban J connectivity index is 2.29. The Morgan fingerprint density at radius 3 is 2.60 bits per heavy atom. The molecule has 1 aromatic carbocycles. The summed E-state index contributed by atoms with van der Waals surface area (Å²) in [6.45, 7) is 2.26. The van der Waals surface area contributed by atoms with E-state index >= 15 is 0 Å². The van der Waals surface area contributed by atoms with Crippen LogP contribution in [0, 0.1) is 11.8 Å². The summed E-state index contributed by atoms with van der Waals surface area (Å²) in [7, 11) is 3.25. The molecule has 3 atom stereocenters. The van der Waals surface area contributed by atoms with Gasteiger partial charge in [-0.25, -0.2) is 0 Å². The fourth-order valence-electron chi connectivity index (χ4n) is 3.17. The van der Waals surface area contributed by atoms with Gasteiger partial charge in [0, 0.05) is 5.56 Å². The molecule has 0 spiro atoms. The maximum atomic E-state index is 10.7. The molecule has 20 heavy (non-hydrogen) atoms. The third-order valence-corrected chi connectivity index (χ3v) is 5.01. The van der Waals surface area contributed by atoms with E-state index in [0.717, 1.165) is 28.6 Å². The fourth-order valence-corrected chi connectivity index (χ4v) is 3.86. The second kappa shape index (κ2) is 6.81. The van der Waals surface area contributed by atoms with Crippen molar-refractivity contribution in [3.05, 3.63) is 22.2 Å². The van der Waals surface area contributed by atoms with Crippen molar-refractivity contribution < 1.29 is 14.6 Å². The standard InChI is InChI=1S/C16H23BrO3/c1-10-5-4-6-11(9-10)15(18)12-7-8-13(19-2)14(17)16(12)20-3/h7-8,10-11,15,18H,4-6,9H2,1-3H3. The highest BCUT2D eigenvalue weighted by molar-refractivity contribution is 9.10. The molecule has 1 aliphatic carbocycles. The van der Waals surface area contributed by atoms with E-state index in [2.05, 4.69) is 22.9 Å². The van der Waals surface area contributed by atoms with Crippen molar-refractivity contribution in [2.75, 3.05) is 14.2 Å². The van der Waals surface area contributed by atoms with E-state index in [1.165, 1.54) is 12.8 Å². The predicted octanol–water partition coefficient (Wildman–Crippen LogP) is 4.33. The number of benzene rings is 1. The molecule has 0 amide bonds. The van der Waals surface area contributed by atoms with Crippen LogP contribution in [0.5, 0.6) is 11.5 Å². The van der Waals surface area contributed by atoms with Gasteiger partial charge in [-0.2, -0.15) is 0 Å². The maximum Gasteiger partial charge on any atom is 0.142 e. The van der Waals surface area contributed by atoms with Crippen LogP contribution in [0.25, 0.3) is 0 Å². The van der Waals surface area contributed by atoms with Crippen molar-refractivity contribution in [2.45, 2.75) is 38.7 Å². The second-order valence-electron chi connectivity index (χ2n) is 5.68. The minimum Gasteiger partial charge on any atom is -0.495 e. The van der Waals surface area contributed by atoms with Gasteiger partial charge in [-0.1, -0.05) is 19.8 Å². The number of halogens is 1. The summed E-state index contributed by atoms with van der Waals surface area (Å²) in [5.74, 6) is 2.40. The number of ether oxygens (including phenoxy) is 2. The molecule has 3 nitrogen and oxygen atoms in total. The summed E-state index contributed by atoms with van der Waals surface area (Å²) in [5, 5.41) is 10.7. The monoisotopic (exact) mass is 342 g/mol. The number of hydrogen-bond acceptors (Lipinski definition) is 3. The third-order valence-electron chi connectivity index (χ3n) is 4.26. The molecule has 1 saturated carbocycles. The SMILES string of the molecule is COc1ccc(C(O)C2CCCC(C)C2)c(OC)c1Br. The largest absolute Gasteiger partial charge is 0.495 e. The van der Waals surface area contributed by atoms with E-state index in [4.69, 9.17) is 9.47 Å². The first-order valence-corrected chi connectivity index (χ1v) is 7.96. The van der Waals surface area contributed by atoms with Crippen molar-refractivity contribution in [2.24, 2.45) is 11.8 Å². The maximum absolute atomic E-state index is 10.7. The highest BCUT2D eigenvalue weighted by Crippen LogP contribution is 2.44. The molecule has 2 rings (SSSR count). The van der Waals surface area contributed by atoms with E-state index in [9.17, 15) is 5.11 Å². The van der Waals surface area contributed by atoms with Gasteiger partial charge in [0.05, 0.1) is 20.3 Å². The molecule has 0 aromatic heterocycles. The lowest BCUT2D eigenvalue weighted by atomic mass is 9.78. The molecule has 0 radical (unpaired) electrons. The van der Waals surface area contributed by atoms with Gasteiger partial charge in [0.2, 0.25) is 0 Å². The summed E-state index contributed by atoms with van der Waals surface area (Å²) >= 11 is 3.50. The summed E-state index contributed by atoms with van der Waals surface area (Å²) in [4.78, 5) is 0. The van der Waals surface area contributed by atoms with Crippen LogP contribution in [0.2, 0.25) is 0 Å². The average molecular weight is 343 g/mol. The van der Waals surface area contributed by atoms with E-state index in [1.807, 2.05) is 12.1 Å². The van der Waals surface area contributed by atoms with Crippen LogP contribution in [0.3, 0.4) is 0 Å². The molecule has 112 valence electrons. The summed E-state index contributed by atoms with van der Waals surface area (Å²) in [6, 6.07) is 3.78. The van der Waals surface area contributed by atoms with Crippen LogP contribution in [0.15, 0.2) is 16.6 Å². The van der Waals surface area contributed by atoms with Gasteiger partial charge in [-0.3, -0.25) is 0 Å². The summed E-state index contributed by atoms with van der Waals surface area (Å²) < 4.78 is 11.5. The lowest BCUT2D eigenvalue weighted by molar-refractivity contribution is 0.0692. The van der Waals surface area contributed by atoms with Gasteiger partial charge >= 0.3 is 0 Å². The quantitative estimate of drug-likeness (QED) is 0.885. The molecule has 3 unspecified atom stereocenters. The van der Waals surface area contributed by atoms with Crippen LogP contribution in [-0.4, -0.2) is 19.3 Å². The lowest BCUT2D eigenvalue weighted by Gasteiger charge is -2.31. The van der Waals surface area contributed by atoms with Crippen molar-refractivity contribution in [3.8, 4) is 11.5 Å². The van der Waals surface area contributed by atoms with E-state index < -0.39 is 6.10 Å². The summed E-state index contributed by atoms with van der Waals surface area (Å²) in [5.41, 5.74) is 0.847. The first kappa shape index (κ1) is 15.6. The normalized spacial score (nSPS) is 24.2. The highest BCUT2D eigenvalue weighted by atomic mass is 79.9. The van der Waals surface area contributed by atoms with E-state index in [0.29, 0.717) is 17.6 Å². The number of methoxy groups -OCH3 is 2. The van der Waals surface area contributed by atoms with Gasteiger partial charge in [0.1, 0.15) is 16.0 Å². The number of rotatable bonds is 4. The minimum absolute atomic E-state index is 0.313.